The fourth-order valence-electron chi connectivity index (χ4n) is 16.6. The lowest BCUT2D eigenvalue weighted by atomic mass is 9.35. The van der Waals surface area contributed by atoms with Crippen LogP contribution in [0.4, 0.5) is 28.4 Å². The van der Waals surface area contributed by atoms with Crippen LogP contribution < -0.4 is 20.7 Å². The van der Waals surface area contributed by atoms with Gasteiger partial charge < -0.3 is 9.80 Å². The van der Waals surface area contributed by atoms with Gasteiger partial charge in [-0.05, 0) is 215 Å². The maximum Gasteiger partial charge on any atom is 0.259 e. The van der Waals surface area contributed by atoms with Crippen molar-refractivity contribution in [3.63, 3.8) is 0 Å². The van der Waals surface area contributed by atoms with Gasteiger partial charge in [0.2, 0.25) is 0 Å². The molecular formula is C70H95BN2S. The van der Waals surface area contributed by atoms with E-state index >= 15 is 0 Å². The Bertz CT molecular complexity index is 3040. The molecule has 2 saturated carbocycles. The van der Waals surface area contributed by atoms with Crippen LogP contribution in [0.25, 0.3) is 0 Å². The molecule has 4 aromatic rings. The van der Waals surface area contributed by atoms with E-state index < -0.39 is 0 Å². The molecule has 0 bridgehead atoms. The fourth-order valence-corrected chi connectivity index (χ4v) is 18.7. The Balaban J connectivity index is 1.25. The van der Waals surface area contributed by atoms with Crippen molar-refractivity contribution in [3.05, 3.63) is 110 Å². The van der Waals surface area contributed by atoms with Crippen LogP contribution >= 0.6 is 11.8 Å². The van der Waals surface area contributed by atoms with E-state index in [1.54, 1.807) is 60.4 Å². The van der Waals surface area contributed by atoms with Crippen molar-refractivity contribution in [2.24, 2.45) is 16.7 Å². The van der Waals surface area contributed by atoms with E-state index in [2.05, 4.69) is 208 Å². The van der Waals surface area contributed by atoms with Crippen molar-refractivity contribution < 1.29 is 0 Å². The van der Waals surface area contributed by atoms with Gasteiger partial charge in [0.05, 0.1) is 0 Å². The van der Waals surface area contributed by atoms with Crippen molar-refractivity contribution in [2.45, 2.75) is 264 Å². The van der Waals surface area contributed by atoms with Crippen LogP contribution in [0.3, 0.4) is 0 Å². The number of hydrogen-bond acceptors (Lipinski definition) is 3. The lowest BCUT2D eigenvalue weighted by molar-refractivity contribution is 0.0881. The third-order valence-electron chi connectivity index (χ3n) is 22.3. The SMILES string of the molecule is CC(C)(C)c1cc2c3c(c1)N(c1cc4c(cc1C1CCCCC1)C(C)(C)CCC4(C)C)c1cc4c(cc1B3C1=C(C3C(S1)C(C)(C)CCC3(C)C)N2c1ccc2c(c1)C(C)(C)CCC2(C)C)C(C)(C)CCC4(C)C. The summed E-state index contributed by atoms with van der Waals surface area (Å²) in [5.74, 6) is 0.966. The zero-order chi connectivity index (χ0) is 53.0. The van der Waals surface area contributed by atoms with Gasteiger partial charge in [0.1, 0.15) is 0 Å². The quantitative estimate of drug-likeness (QED) is 0.189. The molecule has 74 heavy (non-hydrogen) atoms. The molecule has 0 spiro atoms. The highest BCUT2D eigenvalue weighted by Gasteiger charge is 2.60. The zero-order valence-electron chi connectivity index (χ0n) is 50.0. The van der Waals surface area contributed by atoms with Crippen LogP contribution in [0.1, 0.15) is 265 Å². The summed E-state index contributed by atoms with van der Waals surface area (Å²) in [6.45, 7) is 48.6. The summed E-state index contributed by atoms with van der Waals surface area (Å²) in [6.07, 6.45) is 16.4. The highest BCUT2D eigenvalue weighted by molar-refractivity contribution is 8.06. The Morgan fingerprint density at radius 1 is 0.473 bits per heavy atom. The van der Waals surface area contributed by atoms with Crippen LogP contribution in [0.15, 0.2) is 65.1 Å². The predicted molar refractivity (Wildman–Crippen MR) is 324 cm³/mol. The summed E-state index contributed by atoms with van der Waals surface area (Å²) in [7, 11) is 0. The van der Waals surface area contributed by atoms with E-state index in [0.717, 1.165) is 0 Å². The van der Waals surface area contributed by atoms with Gasteiger partial charge in [-0.15, -0.1) is 11.8 Å². The number of fused-ring (bicyclic) bond motifs is 8. The van der Waals surface area contributed by atoms with Gasteiger partial charge in [0.15, 0.2) is 0 Å². The van der Waals surface area contributed by atoms with Crippen molar-refractivity contribution in [1.29, 1.82) is 0 Å². The van der Waals surface area contributed by atoms with Gasteiger partial charge in [0.25, 0.3) is 6.71 Å². The molecule has 2 fully saturated rings. The number of hydrogen-bond donors (Lipinski definition) is 0. The average molecular weight is 1010 g/mol. The number of nitrogens with zero attached hydrogens (tertiary/aromatic N) is 2. The molecule has 3 aliphatic heterocycles. The maximum absolute atomic E-state index is 2.95. The normalized spacial score (nSPS) is 27.0. The number of benzene rings is 4. The molecule has 12 rings (SSSR count). The summed E-state index contributed by atoms with van der Waals surface area (Å²) in [5.41, 5.74) is 25.3. The molecule has 2 unspecified atom stereocenters. The smallest absolute Gasteiger partial charge is 0.259 e. The minimum Gasteiger partial charge on any atom is -0.314 e. The average Bonchev–Trinajstić information content (AvgIpc) is 3.75. The minimum atomic E-state index is -0.0792. The Morgan fingerprint density at radius 2 is 0.946 bits per heavy atom. The molecule has 3 heterocycles. The number of allylic oxidation sites excluding steroid dienone is 1. The van der Waals surface area contributed by atoms with Crippen LogP contribution in [-0.2, 0) is 37.9 Å². The molecule has 4 aromatic carbocycles. The Kier molecular flexibility index (Phi) is 11.2. The monoisotopic (exact) mass is 1010 g/mol. The molecule has 8 aliphatic rings. The number of anilines is 5. The number of rotatable bonds is 3. The fraction of sp³-hybridized carbons (Fsp3) is 0.629. The molecule has 0 saturated heterocycles. The highest BCUT2D eigenvalue weighted by atomic mass is 32.2. The first-order chi connectivity index (χ1) is 34.3. The van der Waals surface area contributed by atoms with Gasteiger partial charge >= 0.3 is 0 Å². The van der Waals surface area contributed by atoms with Gasteiger partial charge in [-0.1, -0.05) is 169 Å². The summed E-state index contributed by atoms with van der Waals surface area (Å²) < 4.78 is 0. The van der Waals surface area contributed by atoms with E-state index in [-0.39, 0.29) is 55.4 Å². The first-order valence-corrected chi connectivity index (χ1v) is 30.9. The predicted octanol–water partition coefficient (Wildman–Crippen LogP) is 19.0. The molecule has 0 N–H and O–H groups in total. The Labute approximate surface area is 455 Å². The Hall–Kier alpha value is -3.37. The van der Waals surface area contributed by atoms with Gasteiger partial charge in [0, 0.05) is 45.3 Å². The molecule has 0 aromatic heterocycles. The van der Waals surface area contributed by atoms with E-state index in [1.165, 1.54) is 117 Å². The second-order valence-electron chi connectivity index (χ2n) is 32.3. The molecule has 5 aliphatic carbocycles. The third kappa shape index (κ3) is 7.57. The first-order valence-electron chi connectivity index (χ1n) is 30.0. The van der Waals surface area contributed by atoms with E-state index in [4.69, 9.17) is 0 Å². The summed E-state index contributed by atoms with van der Waals surface area (Å²) in [4.78, 5) is 7.53. The third-order valence-corrected chi connectivity index (χ3v) is 24.2. The molecule has 0 amide bonds. The molecular weight excluding hydrogens is 912 g/mol. The molecule has 394 valence electrons. The largest absolute Gasteiger partial charge is 0.314 e. The lowest BCUT2D eigenvalue weighted by Crippen LogP contribution is -2.57. The van der Waals surface area contributed by atoms with E-state index in [1.807, 2.05) is 0 Å². The summed E-state index contributed by atoms with van der Waals surface area (Å²) in [5, 5.41) is 0.491. The summed E-state index contributed by atoms with van der Waals surface area (Å²) in [6, 6.07) is 24.6. The molecule has 0 radical (unpaired) electrons. The standard InChI is InChI=1S/C70H95BN2S/c1-62(2,3)43-35-55-58-56(36-43)73(53-40-50-48(65(8,9)29-31-67(50,12)13)38-45(53)42-23-21-20-22-24-42)54-41-51-49(66(10,11)30-32-68(51,14)15)39-52(54)71(58)61-59(57-60(74-61)70(18,19)34-33-69(57,16)17)72(55)44-25-26-46-47(37-44)64(6,7)28-27-63(46,4)5/h25-26,35-42,57,60H,20-24,27-34H2,1-19H3. The zero-order valence-corrected chi connectivity index (χ0v) is 50.8. The van der Waals surface area contributed by atoms with Crippen LogP contribution in [0.5, 0.6) is 0 Å². The maximum atomic E-state index is 2.95. The second kappa shape index (κ2) is 16.1. The van der Waals surface area contributed by atoms with Gasteiger partial charge in [-0.25, -0.2) is 0 Å². The van der Waals surface area contributed by atoms with Crippen molar-refractivity contribution in [2.75, 3.05) is 9.80 Å². The molecule has 2 atom stereocenters. The minimum absolute atomic E-state index is 0.0754. The topological polar surface area (TPSA) is 6.48 Å². The molecule has 4 heteroatoms. The summed E-state index contributed by atoms with van der Waals surface area (Å²) >= 11 is 2.32. The van der Waals surface area contributed by atoms with Crippen molar-refractivity contribution in [1.82, 2.24) is 0 Å². The lowest BCUT2D eigenvalue weighted by Gasteiger charge is -2.52. The highest BCUT2D eigenvalue weighted by Crippen LogP contribution is 2.66. The van der Waals surface area contributed by atoms with Gasteiger partial charge in [-0.2, -0.15) is 0 Å². The van der Waals surface area contributed by atoms with Crippen LogP contribution in [-0.4, -0.2) is 12.0 Å². The molecule has 2 nitrogen and oxygen atoms in total. The van der Waals surface area contributed by atoms with Crippen LogP contribution in [0, 0.1) is 16.7 Å². The van der Waals surface area contributed by atoms with E-state index in [0.29, 0.717) is 17.1 Å². The van der Waals surface area contributed by atoms with Crippen molar-refractivity contribution in [3.8, 4) is 0 Å². The van der Waals surface area contributed by atoms with Gasteiger partial charge in [-0.3, -0.25) is 0 Å². The van der Waals surface area contributed by atoms with Crippen LogP contribution in [0.2, 0.25) is 0 Å². The number of thioether (sulfide) groups is 1. The second-order valence-corrected chi connectivity index (χ2v) is 33.5. The Morgan fingerprint density at radius 3 is 1.50 bits per heavy atom. The van der Waals surface area contributed by atoms with Crippen molar-refractivity contribution >= 4 is 57.8 Å². The van der Waals surface area contributed by atoms with E-state index in [9.17, 15) is 0 Å². The first kappa shape index (κ1) is 51.4.